The van der Waals surface area contributed by atoms with Crippen molar-refractivity contribution in [2.75, 3.05) is 0 Å². The average molecular weight is 290 g/mol. The van der Waals surface area contributed by atoms with E-state index in [4.69, 9.17) is 5.73 Å². The largest absolute Gasteiger partial charge is 0.365 e. The van der Waals surface area contributed by atoms with Gasteiger partial charge < -0.3 is 5.73 Å². The Hall–Kier alpha value is -1.99. The van der Waals surface area contributed by atoms with Crippen LogP contribution in [0, 0.1) is 0 Å². The molecule has 96 valence electrons. The summed E-state index contributed by atoms with van der Waals surface area (Å²) in [5.74, 6) is -0.404. The number of thiazole rings is 1. The lowest BCUT2D eigenvalue weighted by atomic mass is 10.3. The molecule has 3 aromatic heterocycles. The molecule has 0 aromatic carbocycles. The first-order valence-corrected chi connectivity index (χ1v) is 7.18. The number of amides is 1. The summed E-state index contributed by atoms with van der Waals surface area (Å²) >= 11 is 2.91. The standard InChI is InChI=1S/C12H10N4OS2/c1-16-8(9-2-3-10(19-9)11(13)17)6-7(15-16)12-14-4-5-18-12/h2-6H,1H3,(H2,13,17). The lowest BCUT2D eigenvalue weighted by molar-refractivity contribution is 0.100. The van der Waals surface area contributed by atoms with Crippen LogP contribution in [0.4, 0.5) is 0 Å². The Balaban J connectivity index is 2.03. The van der Waals surface area contributed by atoms with Crippen molar-refractivity contribution in [1.82, 2.24) is 14.8 Å². The number of rotatable bonds is 3. The summed E-state index contributed by atoms with van der Waals surface area (Å²) in [6, 6.07) is 5.58. The van der Waals surface area contributed by atoms with Crippen molar-refractivity contribution in [3.63, 3.8) is 0 Å². The summed E-state index contributed by atoms with van der Waals surface area (Å²) in [6.45, 7) is 0. The highest BCUT2D eigenvalue weighted by Gasteiger charge is 2.13. The van der Waals surface area contributed by atoms with Crippen LogP contribution in [0.25, 0.3) is 21.3 Å². The number of aromatic nitrogens is 3. The van der Waals surface area contributed by atoms with E-state index in [0.29, 0.717) is 4.88 Å². The van der Waals surface area contributed by atoms with Crippen LogP contribution in [0.3, 0.4) is 0 Å². The summed E-state index contributed by atoms with van der Waals surface area (Å²) in [4.78, 5) is 16.9. The van der Waals surface area contributed by atoms with Gasteiger partial charge in [-0.15, -0.1) is 22.7 Å². The van der Waals surface area contributed by atoms with E-state index in [9.17, 15) is 4.79 Å². The fourth-order valence-electron chi connectivity index (χ4n) is 1.76. The Kier molecular flexibility index (Phi) is 2.92. The second-order valence-electron chi connectivity index (χ2n) is 3.90. The number of primary amides is 1. The number of carbonyl (C=O) groups is 1. The van der Waals surface area contributed by atoms with E-state index < -0.39 is 5.91 Å². The van der Waals surface area contributed by atoms with Crippen LogP contribution in [0.2, 0.25) is 0 Å². The van der Waals surface area contributed by atoms with Crippen LogP contribution in [0.15, 0.2) is 29.8 Å². The van der Waals surface area contributed by atoms with Gasteiger partial charge in [-0.05, 0) is 18.2 Å². The Morgan fingerprint density at radius 1 is 1.42 bits per heavy atom. The Morgan fingerprint density at radius 2 is 2.26 bits per heavy atom. The number of aryl methyl sites for hydroxylation is 1. The van der Waals surface area contributed by atoms with Gasteiger partial charge in [-0.1, -0.05) is 0 Å². The molecule has 0 saturated heterocycles. The Morgan fingerprint density at radius 3 is 2.89 bits per heavy atom. The smallest absolute Gasteiger partial charge is 0.258 e. The first kappa shape index (κ1) is 12.1. The summed E-state index contributed by atoms with van der Waals surface area (Å²) in [5.41, 5.74) is 7.05. The molecule has 3 aromatic rings. The molecular formula is C12H10N4OS2. The van der Waals surface area contributed by atoms with Crippen molar-refractivity contribution in [2.45, 2.75) is 0 Å². The minimum Gasteiger partial charge on any atom is -0.365 e. The van der Waals surface area contributed by atoms with Crippen LogP contribution in [0.5, 0.6) is 0 Å². The topological polar surface area (TPSA) is 73.8 Å². The molecule has 0 saturated carbocycles. The highest BCUT2D eigenvalue weighted by Crippen LogP contribution is 2.31. The van der Waals surface area contributed by atoms with E-state index in [1.54, 1.807) is 28.3 Å². The van der Waals surface area contributed by atoms with Crippen LogP contribution < -0.4 is 5.73 Å². The first-order valence-electron chi connectivity index (χ1n) is 5.49. The van der Waals surface area contributed by atoms with E-state index in [0.717, 1.165) is 21.3 Å². The lowest BCUT2D eigenvalue weighted by Gasteiger charge is -1.95. The fraction of sp³-hybridized carbons (Fsp3) is 0.0833. The minimum atomic E-state index is -0.404. The van der Waals surface area contributed by atoms with Gasteiger partial charge in [0.25, 0.3) is 5.91 Å². The first-order chi connectivity index (χ1) is 9.15. The van der Waals surface area contributed by atoms with Crippen molar-refractivity contribution in [3.8, 4) is 21.3 Å². The van der Waals surface area contributed by atoms with Crippen molar-refractivity contribution < 1.29 is 4.79 Å². The second-order valence-corrected chi connectivity index (χ2v) is 5.88. The van der Waals surface area contributed by atoms with Crippen LogP contribution in [-0.4, -0.2) is 20.7 Å². The molecule has 5 nitrogen and oxygen atoms in total. The van der Waals surface area contributed by atoms with Crippen molar-refractivity contribution in [2.24, 2.45) is 12.8 Å². The van der Waals surface area contributed by atoms with Crippen molar-refractivity contribution >= 4 is 28.6 Å². The summed E-state index contributed by atoms with van der Waals surface area (Å²) in [6.07, 6.45) is 1.75. The summed E-state index contributed by atoms with van der Waals surface area (Å²) < 4.78 is 1.79. The highest BCUT2D eigenvalue weighted by atomic mass is 32.1. The highest BCUT2D eigenvalue weighted by molar-refractivity contribution is 7.17. The van der Waals surface area contributed by atoms with E-state index in [1.807, 2.05) is 24.6 Å². The van der Waals surface area contributed by atoms with Gasteiger partial charge in [0.1, 0.15) is 10.7 Å². The van der Waals surface area contributed by atoms with Gasteiger partial charge in [0, 0.05) is 18.6 Å². The Bertz CT molecular complexity index is 727. The normalized spacial score (nSPS) is 10.8. The third kappa shape index (κ3) is 2.18. The van der Waals surface area contributed by atoms with Crippen molar-refractivity contribution in [3.05, 3.63) is 34.7 Å². The van der Waals surface area contributed by atoms with Crippen LogP contribution in [-0.2, 0) is 7.05 Å². The number of hydrogen-bond acceptors (Lipinski definition) is 5. The fourth-order valence-corrected chi connectivity index (χ4v) is 3.26. The maximum atomic E-state index is 11.1. The maximum Gasteiger partial charge on any atom is 0.258 e. The summed E-state index contributed by atoms with van der Waals surface area (Å²) in [7, 11) is 1.87. The predicted molar refractivity (Wildman–Crippen MR) is 76.1 cm³/mol. The van der Waals surface area contributed by atoms with E-state index >= 15 is 0 Å². The lowest BCUT2D eigenvalue weighted by Crippen LogP contribution is -2.07. The molecule has 0 radical (unpaired) electrons. The number of nitrogens with zero attached hydrogens (tertiary/aromatic N) is 3. The number of carbonyl (C=O) groups excluding carboxylic acids is 1. The van der Waals surface area contributed by atoms with E-state index in [2.05, 4.69) is 10.1 Å². The van der Waals surface area contributed by atoms with E-state index in [-0.39, 0.29) is 0 Å². The molecule has 0 fully saturated rings. The molecule has 2 N–H and O–H groups in total. The molecule has 3 heterocycles. The van der Waals surface area contributed by atoms with Gasteiger partial charge in [-0.3, -0.25) is 9.48 Å². The molecule has 0 aliphatic carbocycles. The van der Waals surface area contributed by atoms with Crippen LogP contribution >= 0.6 is 22.7 Å². The number of thiophene rings is 1. The van der Waals surface area contributed by atoms with Crippen LogP contribution in [0.1, 0.15) is 9.67 Å². The SMILES string of the molecule is Cn1nc(-c2nccs2)cc1-c1ccc(C(N)=O)s1. The zero-order valence-electron chi connectivity index (χ0n) is 10.0. The monoisotopic (exact) mass is 290 g/mol. The zero-order valence-corrected chi connectivity index (χ0v) is 11.7. The minimum absolute atomic E-state index is 0.404. The number of nitrogens with two attached hydrogens (primary N) is 1. The third-order valence-corrected chi connectivity index (χ3v) is 4.55. The molecule has 3 rings (SSSR count). The molecule has 19 heavy (non-hydrogen) atoms. The van der Waals surface area contributed by atoms with Crippen molar-refractivity contribution in [1.29, 1.82) is 0 Å². The zero-order chi connectivity index (χ0) is 13.4. The molecule has 0 spiro atoms. The predicted octanol–water partition coefficient (Wildman–Crippen LogP) is 2.37. The molecule has 7 heteroatoms. The molecule has 1 amide bonds. The van der Waals surface area contributed by atoms with Gasteiger partial charge in [0.2, 0.25) is 0 Å². The average Bonchev–Trinajstić information content (AvgIpc) is 3.08. The number of hydrogen-bond donors (Lipinski definition) is 1. The molecule has 0 unspecified atom stereocenters. The van der Waals surface area contributed by atoms with Gasteiger partial charge in [-0.2, -0.15) is 5.10 Å². The molecule has 0 atom stereocenters. The third-order valence-electron chi connectivity index (χ3n) is 2.63. The van der Waals surface area contributed by atoms with Gasteiger partial charge in [0.05, 0.1) is 15.4 Å². The van der Waals surface area contributed by atoms with E-state index in [1.165, 1.54) is 11.3 Å². The van der Waals surface area contributed by atoms with Gasteiger partial charge >= 0.3 is 0 Å². The van der Waals surface area contributed by atoms with Gasteiger partial charge in [-0.25, -0.2) is 4.98 Å². The van der Waals surface area contributed by atoms with Gasteiger partial charge in [0.15, 0.2) is 0 Å². The summed E-state index contributed by atoms with van der Waals surface area (Å²) in [5, 5.41) is 7.24. The maximum absolute atomic E-state index is 11.1. The second kappa shape index (κ2) is 4.60. The molecule has 0 bridgehead atoms. The quantitative estimate of drug-likeness (QED) is 0.804. The Labute approximate surface area is 117 Å². The molecule has 0 aliphatic heterocycles. The molecular weight excluding hydrogens is 280 g/mol. The molecule has 0 aliphatic rings.